The van der Waals surface area contributed by atoms with E-state index in [0.717, 1.165) is 5.56 Å². The van der Waals surface area contributed by atoms with Crippen LogP contribution >= 0.6 is 0 Å². The molecule has 27 heavy (non-hydrogen) atoms. The average molecular weight is 374 g/mol. The van der Waals surface area contributed by atoms with Crippen LogP contribution in [0.3, 0.4) is 0 Å². The molecule has 1 saturated heterocycles. The monoisotopic (exact) mass is 374 g/mol. The molecule has 8 nitrogen and oxygen atoms in total. The fourth-order valence-electron chi connectivity index (χ4n) is 3.66. The Morgan fingerprint density at radius 2 is 2.00 bits per heavy atom. The average Bonchev–Trinajstić information content (AvgIpc) is 2.97. The number of amides is 2. The number of aliphatic hydroxyl groups excluding tert-OH is 1. The number of hydrogen-bond donors (Lipinski definition) is 3. The van der Waals surface area contributed by atoms with E-state index in [1.54, 1.807) is 31.2 Å². The molecule has 1 fully saturated rings. The van der Waals surface area contributed by atoms with Gasteiger partial charge in [-0.15, -0.1) is 0 Å². The summed E-state index contributed by atoms with van der Waals surface area (Å²) < 4.78 is 5.30. The molecule has 1 aromatic rings. The predicted octanol–water partition coefficient (Wildman–Crippen LogP) is 0.356. The summed E-state index contributed by atoms with van der Waals surface area (Å²) in [6.45, 7) is 1.77. The molecule has 0 radical (unpaired) electrons. The molecule has 2 amide bonds. The summed E-state index contributed by atoms with van der Waals surface area (Å²) >= 11 is 0. The van der Waals surface area contributed by atoms with Gasteiger partial charge in [0.25, 0.3) is 0 Å². The van der Waals surface area contributed by atoms with Crippen molar-refractivity contribution in [1.82, 2.24) is 10.2 Å². The van der Waals surface area contributed by atoms with Crippen molar-refractivity contribution >= 4 is 23.4 Å². The second-order valence-electron chi connectivity index (χ2n) is 6.74. The number of rotatable bonds is 7. The zero-order valence-corrected chi connectivity index (χ0v) is 15.1. The molecule has 2 aliphatic heterocycles. The number of likely N-dealkylation sites (N-methyl/N-ethyl adjacent to an activating group) is 1. The Kier molecular flexibility index (Phi) is 5.29. The maximum atomic E-state index is 12.2. The number of aliphatic hydroxyl groups is 1. The molecule has 0 aliphatic carbocycles. The number of nitrogens with zero attached hydrogens (tertiary/aromatic N) is 1. The minimum absolute atomic E-state index is 0.00878. The molecule has 2 heterocycles. The quantitative estimate of drug-likeness (QED) is 0.594. The molecule has 0 saturated carbocycles. The maximum Gasteiger partial charge on any atom is 0.352 e. The van der Waals surface area contributed by atoms with E-state index in [9.17, 15) is 24.6 Å². The van der Waals surface area contributed by atoms with Crippen molar-refractivity contribution in [3.8, 4) is 0 Å². The Labute approximate surface area is 156 Å². The highest BCUT2D eigenvalue weighted by atomic mass is 16.5. The van der Waals surface area contributed by atoms with Crippen LogP contribution in [0.4, 0.5) is 0 Å². The van der Waals surface area contributed by atoms with E-state index < -0.39 is 18.0 Å². The van der Waals surface area contributed by atoms with Crippen LogP contribution in [0, 0.1) is 5.92 Å². The normalized spacial score (nSPS) is 22.3. The van der Waals surface area contributed by atoms with Gasteiger partial charge in [-0.3, -0.25) is 9.59 Å². The van der Waals surface area contributed by atoms with Crippen molar-refractivity contribution in [3.05, 3.63) is 41.1 Å². The standard InChI is InChI=1S/C19H22N2O6/c1-10(22)16-14-7-13(17(19(25)26)21(14)18(16)24)12-5-3-11(4-6-12)8-27-9-15(23)20-2/h3-6,10,14,16,22H,7-9H2,1-2H3,(H,20,23)(H,25,26)/t10-,14-,16-/m1/s1. The molecule has 144 valence electrons. The lowest BCUT2D eigenvalue weighted by atomic mass is 9.82. The van der Waals surface area contributed by atoms with E-state index >= 15 is 0 Å². The Hall–Kier alpha value is -2.71. The van der Waals surface area contributed by atoms with Crippen molar-refractivity contribution in [1.29, 1.82) is 0 Å². The second kappa shape index (κ2) is 7.50. The van der Waals surface area contributed by atoms with Crippen molar-refractivity contribution in [2.24, 2.45) is 5.92 Å². The fourth-order valence-corrected chi connectivity index (χ4v) is 3.66. The van der Waals surface area contributed by atoms with Gasteiger partial charge in [0.2, 0.25) is 11.8 Å². The molecular weight excluding hydrogens is 352 g/mol. The van der Waals surface area contributed by atoms with E-state index in [0.29, 0.717) is 17.6 Å². The molecular formula is C19H22N2O6. The molecule has 3 atom stereocenters. The first-order chi connectivity index (χ1) is 12.8. The molecule has 1 aromatic carbocycles. The SMILES string of the molecule is CNC(=O)COCc1ccc(C2=C(C(=O)O)N3C(=O)[C@H]([C@@H](C)O)[C@H]3C2)cc1. The highest BCUT2D eigenvalue weighted by molar-refractivity contribution is 6.06. The number of carbonyl (C=O) groups is 3. The van der Waals surface area contributed by atoms with Gasteiger partial charge in [0.1, 0.15) is 12.3 Å². The van der Waals surface area contributed by atoms with Gasteiger partial charge < -0.3 is 25.2 Å². The molecule has 0 unspecified atom stereocenters. The summed E-state index contributed by atoms with van der Waals surface area (Å²) in [6.07, 6.45) is -0.414. The third-order valence-electron chi connectivity index (χ3n) is 5.01. The van der Waals surface area contributed by atoms with Gasteiger partial charge in [-0.25, -0.2) is 4.79 Å². The van der Waals surface area contributed by atoms with Gasteiger partial charge in [0, 0.05) is 7.05 Å². The van der Waals surface area contributed by atoms with Crippen LogP contribution in [-0.2, 0) is 25.7 Å². The fraction of sp³-hybridized carbons (Fsp3) is 0.421. The van der Waals surface area contributed by atoms with Gasteiger partial charge >= 0.3 is 5.97 Å². The van der Waals surface area contributed by atoms with Crippen molar-refractivity contribution < 1.29 is 29.3 Å². The Morgan fingerprint density at radius 3 is 2.56 bits per heavy atom. The predicted molar refractivity (Wildman–Crippen MR) is 95.1 cm³/mol. The third-order valence-corrected chi connectivity index (χ3v) is 5.01. The van der Waals surface area contributed by atoms with E-state index in [1.807, 2.05) is 0 Å². The van der Waals surface area contributed by atoms with Crippen molar-refractivity contribution in [2.45, 2.75) is 32.1 Å². The zero-order chi connectivity index (χ0) is 19.7. The summed E-state index contributed by atoms with van der Waals surface area (Å²) in [5.74, 6) is -2.27. The van der Waals surface area contributed by atoms with Crippen LogP contribution in [0.1, 0.15) is 24.5 Å². The van der Waals surface area contributed by atoms with Gasteiger partial charge in [-0.1, -0.05) is 24.3 Å². The lowest BCUT2D eigenvalue weighted by Crippen LogP contribution is -2.61. The zero-order valence-electron chi connectivity index (χ0n) is 15.1. The number of hydrogen-bond acceptors (Lipinski definition) is 5. The first kappa shape index (κ1) is 19.1. The van der Waals surface area contributed by atoms with E-state index in [4.69, 9.17) is 4.74 Å². The minimum atomic E-state index is -1.15. The number of aliphatic carboxylic acids is 1. The topological polar surface area (TPSA) is 116 Å². The number of carboxylic acid groups (broad SMARTS) is 1. The number of carboxylic acids is 1. The van der Waals surface area contributed by atoms with Crippen molar-refractivity contribution in [2.75, 3.05) is 13.7 Å². The van der Waals surface area contributed by atoms with Crippen LogP contribution in [-0.4, -0.2) is 58.7 Å². The van der Waals surface area contributed by atoms with Crippen LogP contribution in [0.2, 0.25) is 0 Å². The second-order valence-corrected chi connectivity index (χ2v) is 6.74. The van der Waals surface area contributed by atoms with Gasteiger partial charge in [-0.2, -0.15) is 0 Å². The molecule has 0 spiro atoms. The highest BCUT2D eigenvalue weighted by Gasteiger charge is 2.56. The Balaban J connectivity index is 1.76. The van der Waals surface area contributed by atoms with Crippen LogP contribution in [0.25, 0.3) is 5.57 Å². The van der Waals surface area contributed by atoms with Crippen LogP contribution < -0.4 is 5.32 Å². The summed E-state index contributed by atoms with van der Waals surface area (Å²) in [4.78, 5) is 36.4. The Morgan fingerprint density at radius 1 is 1.33 bits per heavy atom. The molecule has 3 rings (SSSR count). The van der Waals surface area contributed by atoms with Gasteiger partial charge in [-0.05, 0) is 30.0 Å². The van der Waals surface area contributed by atoms with E-state index in [1.165, 1.54) is 11.9 Å². The minimum Gasteiger partial charge on any atom is -0.477 e. The number of ether oxygens (including phenoxy) is 1. The van der Waals surface area contributed by atoms with Gasteiger partial charge in [0.05, 0.1) is 24.7 Å². The summed E-state index contributed by atoms with van der Waals surface area (Å²) in [5.41, 5.74) is 2.14. The Bertz CT molecular complexity index is 799. The van der Waals surface area contributed by atoms with Crippen LogP contribution in [0.5, 0.6) is 0 Å². The van der Waals surface area contributed by atoms with Gasteiger partial charge in [0.15, 0.2) is 0 Å². The van der Waals surface area contributed by atoms with E-state index in [2.05, 4.69) is 5.32 Å². The number of nitrogens with one attached hydrogen (secondary N) is 1. The lowest BCUT2D eigenvalue weighted by molar-refractivity contribution is -0.161. The highest BCUT2D eigenvalue weighted by Crippen LogP contribution is 2.46. The van der Waals surface area contributed by atoms with Crippen molar-refractivity contribution in [3.63, 3.8) is 0 Å². The number of β-lactam (4-membered cyclic amide) rings is 1. The third kappa shape index (κ3) is 3.45. The lowest BCUT2D eigenvalue weighted by Gasteiger charge is -2.44. The smallest absolute Gasteiger partial charge is 0.352 e. The van der Waals surface area contributed by atoms with E-state index in [-0.39, 0.29) is 36.8 Å². The largest absolute Gasteiger partial charge is 0.477 e. The molecule has 0 bridgehead atoms. The summed E-state index contributed by atoms with van der Waals surface area (Å²) in [7, 11) is 1.53. The molecule has 2 aliphatic rings. The van der Waals surface area contributed by atoms with Crippen LogP contribution in [0.15, 0.2) is 30.0 Å². The maximum absolute atomic E-state index is 12.2. The number of benzene rings is 1. The molecule has 0 aromatic heterocycles. The first-order valence-electron chi connectivity index (χ1n) is 8.70. The molecule has 8 heteroatoms. The first-order valence-corrected chi connectivity index (χ1v) is 8.70. The summed E-state index contributed by atoms with van der Waals surface area (Å²) in [5, 5.41) is 21.8. The summed E-state index contributed by atoms with van der Waals surface area (Å²) in [6, 6.07) is 6.86. The number of carbonyl (C=O) groups excluding carboxylic acids is 2. The molecule has 3 N–H and O–H groups in total. The number of fused-ring (bicyclic) bond motifs is 1.